The van der Waals surface area contributed by atoms with Crippen LogP contribution in [0, 0.1) is 0 Å². The van der Waals surface area contributed by atoms with Gasteiger partial charge in [0.05, 0.1) is 6.04 Å². The molecule has 0 aliphatic rings. The summed E-state index contributed by atoms with van der Waals surface area (Å²) in [5.41, 5.74) is 5.90. The fraction of sp³-hybridized carbons (Fsp3) is 0.385. The molecule has 0 saturated heterocycles. The lowest BCUT2D eigenvalue weighted by molar-refractivity contribution is -0.141. The van der Waals surface area contributed by atoms with Gasteiger partial charge in [-0.3, -0.25) is 9.67 Å². The minimum absolute atomic E-state index is 0.335. The first-order valence-electron chi connectivity index (χ1n) is 6.21. The van der Waals surface area contributed by atoms with E-state index in [1.807, 2.05) is 6.92 Å². The highest BCUT2D eigenvalue weighted by Crippen LogP contribution is 2.29. The summed E-state index contributed by atoms with van der Waals surface area (Å²) >= 11 is 0. The second-order valence-electron chi connectivity index (χ2n) is 4.48. The monoisotopic (exact) mass is 284 g/mol. The molecule has 0 saturated carbocycles. The third kappa shape index (κ3) is 2.98. The Morgan fingerprint density at radius 1 is 1.25 bits per heavy atom. The van der Waals surface area contributed by atoms with Crippen molar-refractivity contribution in [1.82, 2.24) is 14.8 Å². The lowest BCUT2D eigenvalue weighted by atomic mass is 9.99. The van der Waals surface area contributed by atoms with Crippen LogP contribution in [0.15, 0.2) is 36.8 Å². The molecular weight excluding hydrogens is 269 g/mol. The molecule has 0 aromatic carbocycles. The van der Waals surface area contributed by atoms with Crippen LogP contribution in [-0.2, 0) is 6.18 Å². The van der Waals surface area contributed by atoms with Crippen molar-refractivity contribution < 1.29 is 13.2 Å². The number of nitrogens with two attached hydrogens (primary N) is 1. The number of halogens is 3. The van der Waals surface area contributed by atoms with E-state index < -0.39 is 17.9 Å². The smallest absolute Gasteiger partial charge is 0.326 e. The quantitative estimate of drug-likeness (QED) is 0.939. The first kappa shape index (κ1) is 14.5. The van der Waals surface area contributed by atoms with Gasteiger partial charge in [0.25, 0.3) is 0 Å². The van der Waals surface area contributed by atoms with Crippen LogP contribution in [0.2, 0.25) is 0 Å². The van der Waals surface area contributed by atoms with Crippen molar-refractivity contribution in [1.29, 1.82) is 0 Å². The third-order valence-electron chi connectivity index (χ3n) is 3.11. The zero-order valence-corrected chi connectivity index (χ0v) is 10.9. The average molecular weight is 284 g/mol. The summed E-state index contributed by atoms with van der Waals surface area (Å²) < 4.78 is 39.2. The van der Waals surface area contributed by atoms with Gasteiger partial charge in [0.15, 0.2) is 5.69 Å². The van der Waals surface area contributed by atoms with E-state index in [1.165, 1.54) is 10.9 Å². The molecule has 108 valence electrons. The van der Waals surface area contributed by atoms with E-state index in [2.05, 4.69) is 10.1 Å². The highest BCUT2D eigenvalue weighted by Gasteiger charge is 2.34. The van der Waals surface area contributed by atoms with Crippen molar-refractivity contribution in [2.75, 3.05) is 0 Å². The van der Waals surface area contributed by atoms with Crippen LogP contribution in [0.5, 0.6) is 0 Å². The summed E-state index contributed by atoms with van der Waals surface area (Å²) in [5, 5.41) is 3.62. The Kier molecular flexibility index (Phi) is 4.08. The minimum Gasteiger partial charge on any atom is -0.326 e. The molecule has 20 heavy (non-hydrogen) atoms. The zero-order chi connectivity index (χ0) is 14.8. The topological polar surface area (TPSA) is 56.7 Å². The van der Waals surface area contributed by atoms with Gasteiger partial charge in [-0.15, -0.1) is 0 Å². The van der Waals surface area contributed by atoms with Crippen LogP contribution in [0.3, 0.4) is 0 Å². The summed E-state index contributed by atoms with van der Waals surface area (Å²) in [6, 6.07) is 3.64. The van der Waals surface area contributed by atoms with Gasteiger partial charge in [-0.05, 0) is 30.2 Å². The first-order chi connectivity index (χ1) is 9.43. The molecule has 2 atom stereocenters. The molecule has 2 unspecified atom stereocenters. The predicted molar refractivity (Wildman–Crippen MR) is 67.9 cm³/mol. The molecule has 2 aromatic rings. The Labute approximate surface area is 114 Å². The summed E-state index contributed by atoms with van der Waals surface area (Å²) in [4.78, 5) is 3.90. The molecule has 0 bridgehead atoms. The number of nitrogens with zero attached hydrogens (tertiary/aromatic N) is 3. The molecular formula is C13H15F3N4. The van der Waals surface area contributed by atoms with Crippen LogP contribution < -0.4 is 5.73 Å². The van der Waals surface area contributed by atoms with E-state index in [4.69, 9.17) is 5.73 Å². The lowest BCUT2D eigenvalue weighted by Gasteiger charge is -2.23. The number of hydrogen-bond acceptors (Lipinski definition) is 3. The van der Waals surface area contributed by atoms with Crippen molar-refractivity contribution in [2.24, 2.45) is 5.73 Å². The molecule has 0 radical (unpaired) electrons. The zero-order valence-electron chi connectivity index (χ0n) is 10.9. The maximum absolute atomic E-state index is 12.6. The molecule has 0 amide bonds. The largest absolute Gasteiger partial charge is 0.435 e. The Balaban J connectivity index is 2.40. The molecule has 2 N–H and O–H groups in total. The van der Waals surface area contributed by atoms with Gasteiger partial charge in [0.1, 0.15) is 0 Å². The number of alkyl halides is 3. The molecule has 0 aliphatic carbocycles. The Hall–Kier alpha value is -1.89. The number of rotatable bonds is 4. The second kappa shape index (κ2) is 5.62. The fourth-order valence-corrected chi connectivity index (χ4v) is 2.02. The molecule has 0 fully saturated rings. The normalized spacial score (nSPS) is 15.1. The maximum Gasteiger partial charge on any atom is 0.435 e. The van der Waals surface area contributed by atoms with Crippen LogP contribution in [0.4, 0.5) is 13.2 Å². The van der Waals surface area contributed by atoms with Crippen molar-refractivity contribution >= 4 is 0 Å². The third-order valence-corrected chi connectivity index (χ3v) is 3.11. The highest BCUT2D eigenvalue weighted by atomic mass is 19.4. The fourth-order valence-electron chi connectivity index (χ4n) is 2.02. The Morgan fingerprint density at radius 3 is 2.40 bits per heavy atom. The molecule has 7 heteroatoms. The predicted octanol–water partition coefficient (Wildman–Crippen LogP) is 2.62. The average Bonchev–Trinajstić information content (AvgIpc) is 2.89. The van der Waals surface area contributed by atoms with Crippen LogP contribution in [0.25, 0.3) is 0 Å². The summed E-state index contributed by atoms with van der Waals surface area (Å²) in [5.74, 6) is 0. The molecule has 0 spiro atoms. The van der Waals surface area contributed by atoms with Crippen molar-refractivity contribution in [3.8, 4) is 0 Å². The highest BCUT2D eigenvalue weighted by molar-refractivity contribution is 5.19. The van der Waals surface area contributed by atoms with Crippen molar-refractivity contribution in [3.05, 3.63) is 48.0 Å². The van der Waals surface area contributed by atoms with Gasteiger partial charge < -0.3 is 5.73 Å². The van der Waals surface area contributed by atoms with Gasteiger partial charge in [0, 0.05) is 24.6 Å². The second-order valence-corrected chi connectivity index (χ2v) is 4.48. The van der Waals surface area contributed by atoms with E-state index >= 15 is 0 Å². The maximum atomic E-state index is 12.6. The van der Waals surface area contributed by atoms with Gasteiger partial charge in [-0.1, -0.05) is 6.92 Å². The van der Waals surface area contributed by atoms with E-state index in [1.54, 1.807) is 24.5 Å². The van der Waals surface area contributed by atoms with Crippen molar-refractivity contribution in [2.45, 2.75) is 31.6 Å². The summed E-state index contributed by atoms with van der Waals surface area (Å²) in [6.45, 7) is 1.88. The van der Waals surface area contributed by atoms with E-state index in [-0.39, 0.29) is 6.04 Å². The lowest BCUT2D eigenvalue weighted by Crippen LogP contribution is -2.33. The molecule has 0 aliphatic heterocycles. The molecule has 2 rings (SSSR count). The molecule has 4 nitrogen and oxygen atoms in total. The van der Waals surface area contributed by atoms with Crippen LogP contribution in [0.1, 0.15) is 30.6 Å². The van der Waals surface area contributed by atoms with Gasteiger partial charge in [-0.25, -0.2) is 0 Å². The SMILES string of the molecule is CCC(N)C(c1ccncc1)n1ccc(C(F)(F)F)n1. The minimum atomic E-state index is -4.45. The van der Waals surface area contributed by atoms with Crippen molar-refractivity contribution in [3.63, 3.8) is 0 Å². The Morgan fingerprint density at radius 2 is 1.90 bits per heavy atom. The molecule has 2 aromatic heterocycles. The standard InChI is InChI=1S/C13H15F3N4/c1-2-10(17)12(9-3-6-18-7-4-9)20-8-5-11(19-20)13(14,15)16/h3-8,10,12H,2,17H2,1H3. The number of pyridine rings is 1. The van der Waals surface area contributed by atoms with Gasteiger partial charge >= 0.3 is 6.18 Å². The van der Waals surface area contributed by atoms with Crippen LogP contribution >= 0.6 is 0 Å². The molecule has 2 heterocycles. The summed E-state index contributed by atoms with van der Waals surface area (Å²) in [7, 11) is 0. The summed E-state index contributed by atoms with van der Waals surface area (Å²) in [6.07, 6.45) is 0.639. The van der Waals surface area contributed by atoms with E-state index in [0.717, 1.165) is 11.6 Å². The first-order valence-corrected chi connectivity index (χ1v) is 6.21. The van der Waals surface area contributed by atoms with Crippen LogP contribution in [-0.4, -0.2) is 20.8 Å². The van der Waals surface area contributed by atoms with E-state index in [9.17, 15) is 13.2 Å². The van der Waals surface area contributed by atoms with Gasteiger partial charge in [0.2, 0.25) is 0 Å². The van der Waals surface area contributed by atoms with E-state index in [0.29, 0.717) is 6.42 Å². The Bertz CT molecular complexity index is 550. The number of aromatic nitrogens is 3. The van der Waals surface area contributed by atoms with Gasteiger partial charge in [-0.2, -0.15) is 18.3 Å². The number of hydrogen-bond donors (Lipinski definition) is 1.